The molecule has 0 aromatic heterocycles. The number of non-ortho nitro benzene ring substituents is 1. The Kier molecular flexibility index (Phi) is 5.70. The normalized spacial score (nSPS) is 10.6. The highest BCUT2D eigenvalue weighted by Gasteiger charge is 2.10. The van der Waals surface area contributed by atoms with Gasteiger partial charge in [-0.25, -0.2) is 0 Å². The van der Waals surface area contributed by atoms with Gasteiger partial charge < -0.3 is 11.5 Å². The van der Waals surface area contributed by atoms with Crippen LogP contribution in [0.4, 0.5) is 5.69 Å². The molecule has 0 amide bonds. The first kappa shape index (κ1) is 16.5. The van der Waals surface area contributed by atoms with Crippen LogP contribution >= 0.6 is 11.8 Å². The zero-order valence-electron chi connectivity index (χ0n) is 12.1. The molecule has 7 nitrogen and oxygen atoms in total. The maximum absolute atomic E-state index is 10.9. The number of hydrogen-bond acceptors (Lipinski definition) is 5. The number of nitro benzene ring substituents is 1. The smallest absolute Gasteiger partial charge is 0.270 e. The summed E-state index contributed by atoms with van der Waals surface area (Å²) in [5, 5.41) is 18.2. The van der Waals surface area contributed by atoms with Gasteiger partial charge in [0.2, 0.25) is 5.96 Å². The number of guanidine groups is 1. The van der Waals surface area contributed by atoms with Crippen molar-refractivity contribution in [1.82, 2.24) is 0 Å². The number of benzene rings is 2. The van der Waals surface area contributed by atoms with Crippen molar-refractivity contribution in [3.05, 3.63) is 69.8 Å². The van der Waals surface area contributed by atoms with Crippen LogP contribution in [0.3, 0.4) is 0 Å². The quantitative estimate of drug-likeness (QED) is 0.277. The second kappa shape index (κ2) is 7.95. The number of nitrogens with two attached hydrogens (primary N) is 2. The Balaban J connectivity index is 2.24. The lowest BCUT2D eigenvalue weighted by Crippen LogP contribution is -2.21. The molecule has 0 aliphatic carbocycles. The van der Waals surface area contributed by atoms with Gasteiger partial charge in [0.25, 0.3) is 5.69 Å². The third-order valence-electron chi connectivity index (χ3n) is 2.81. The van der Waals surface area contributed by atoms with Gasteiger partial charge in [-0.1, -0.05) is 30.3 Å². The van der Waals surface area contributed by atoms with Crippen LogP contribution in [0, 0.1) is 10.1 Å². The highest BCUT2D eigenvalue weighted by Crippen LogP contribution is 2.28. The first-order chi connectivity index (χ1) is 11.1. The molecule has 0 heterocycles. The summed E-state index contributed by atoms with van der Waals surface area (Å²) < 4.78 is 0. The van der Waals surface area contributed by atoms with E-state index < -0.39 is 4.92 Å². The summed E-state index contributed by atoms with van der Waals surface area (Å²) in [7, 11) is 0. The topological polar surface area (TPSA) is 120 Å². The van der Waals surface area contributed by atoms with Gasteiger partial charge in [0.05, 0.1) is 11.1 Å². The van der Waals surface area contributed by atoms with Gasteiger partial charge in [-0.3, -0.25) is 10.1 Å². The molecule has 2 rings (SSSR count). The average molecular weight is 329 g/mol. The lowest BCUT2D eigenvalue weighted by molar-refractivity contribution is -0.384. The highest BCUT2D eigenvalue weighted by atomic mass is 32.2. The molecule has 0 unspecified atom stereocenters. The second-order valence-electron chi connectivity index (χ2n) is 4.52. The van der Waals surface area contributed by atoms with Crippen LogP contribution in [0.15, 0.2) is 63.6 Å². The average Bonchev–Trinajstić information content (AvgIpc) is 2.54. The predicted molar refractivity (Wildman–Crippen MR) is 92.5 cm³/mol. The molecule has 0 aliphatic rings. The summed E-state index contributed by atoms with van der Waals surface area (Å²) >= 11 is 1.55. The molecule has 0 aliphatic heterocycles. The van der Waals surface area contributed by atoms with Crippen LogP contribution in [0.2, 0.25) is 0 Å². The number of thioether (sulfide) groups is 1. The van der Waals surface area contributed by atoms with E-state index in [0.717, 1.165) is 16.2 Å². The van der Waals surface area contributed by atoms with E-state index >= 15 is 0 Å². The lowest BCUT2D eigenvalue weighted by Gasteiger charge is -2.05. The molecule has 0 bridgehead atoms. The fourth-order valence-electron chi connectivity index (χ4n) is 1.77. The van der Waals surface area contributed by atoms with E-state index in [2.05, 4.69) is 10.2 Å². The van der Waals surface area contributed by atoms with Crippen molar-refractivity contribution in [2.24, 2.45) is 21.7 Å². The minimum atomic E-state index is -0.455. The molecule has 23 heavy (non-hydrogen) atoms. The number of nitro groups is 1. The van der Waals surface area contributed by atoms with Gasteiger partial charge >= 0.3 is 0 Å². The summed E-state index contributed by atoms with van der Waals surface area (Å²) in [5.74, 6) is 0.562. The fourth-order valence-corrected chi connectivity index (χ4v) is 2.73. The zero-order chi connectivity index (χ0) is 16.7. The standard InChI is InChI=1S/C15H15N5O2S/c16-15(17)19-18-9-12-8-13(20(21)22)6-7-14(12)23-10-11-4-2-1-3-5-11/h1-9H,10H2,(H4,16,17,19). The molecule has 0 spiro atoms. The Morgan fingerprint density at radius 2 is 1.96 bits per heavy atom. The first-order valence-corrected chi connectivity index (χ1v) is 7.62. The molecule has 2 aromatic carbocycles. The van der Waals surface area contributed by atoms with Gasteiger partial charge in [-0.05, 0) is 11.6 Å². The molecule has 0 atom stereocenters. The van der Waals surface area contributed by atoms with Crippen LogP contribution in [-0.4, -0.2) is 17.1 Å². The first-order valence-electron chi connectivity index (χ1n) is 6.63. The number of nitrogens with zero attached hydrogens (tertiary/aromatic N) is 3. The van der Waals surface area contributed by atoms with Crippen LogP contribution < -0.4 is 11.5 Å². The number of rotatable bonds is 6. The molecular weight excluding hydrogens is 314 g/mol. The van der Waals surface area contributed by atoms with Crippen LogP contribution in [0.5, 0.6) is 0 Å². The van der Waals surface area contributed by atoms with E-state index in [-0.39, 0.29) is 11.6 Å². The molecule has 0 radical (unpaired) electrons. The maximum atomic E-state index is 10.9. The minimum Gasteiger partial charge on any atom is -0.369 e. The molecule has 0 fully saturated rings. The Labute approximate surface area is 137 Å². The second-order valence-corrected chi connectivity index (χ2v) is 5.54. The molecule has 0 saturated carbocycles. The lowest BCUT2D eigenvalue weighted by atomic mass is 10.2. The monoisotopic (exact) mass is 329 g/mol. The van der Waals surface area contributed by atoms with Crippen molar-refractivity contribution in [2.75, 3.05) is 0 Å². The highest BCUT2D eigenvalue weighted by molar-refractivity contribution is 7.98. The van der Waals surface area contributed by atoms with Crippen LogP contribution in [-0.2, 0) is 5.75 Å². The zero-order valence-corrected chi connectivity index (χ0v) is 12.9. The van der Waals surface area contributed by atoms with Crippen LogP contribution in [0.1, 0.15) is 11.1 Å². The summed E-state index contributed by atoms with van der Waals surface area (Å²) in [6.07, 6.45) is 1.40. The molecule has 0 saturated heterocycles. The van der Waals surface area contributed by atoms with E-state index in [1.54, 1.807) is 17.8 Å². The Morgan fingerprint density at radius 3 is 2.61 bits per heavy atom. The Morgan fingerprint density at radius 1 is 1.22 bits per heavy atom. The summed E-state index contributed by atoms with van der Waals surface area (Å²) in [5.41, 5.74) is 12.1. The van der Waals surface area contributed by atoms with Gasteiger partial charge in [-0.15, -0.1) is 16.9 Å². The van der Waals surface area contributed by atoms with Crippen molar-refractivity contribution in [1.29, 1.82) is 0 Å². The molecule has 8 heteroatoms. The molecule has 4 N–H and O–H groups in total. The van der Waals surface area contributed by atoms with E-state index in [1.165, 1.54) is 18.3 Å². The Hall–Kier alpha value is -2.87. The minimum absolute atomic E-state index is 0.0137. The van der Waals surface area contributed by atoms with E-state index in [0.29, 0.717) is 5.56 Å². The summed E-state index contributed by atoms with van der Waals surface area (Å²) in [6.45, 7) is 0. The fraction of sp³-hybridized carbons (Fsp3) is 0.0667. The van der Waals surface area contributed by atoms with Gasteiger partial charge in [0.15, 0.2) is 0 Å². The van der Waals surface area contributed by atoms with Crippen molar-refractivity contribution < 1.29 is 4.92 Å². The predicted octanol–water partition coefficient (Wildman–Crippen LogP) is 2.49. The van der Waals surface area contributed by atoms with E-state index in [9.17, 15) is 10.1 Å². The van der Waals surface area contributed by atoms with Crippen LogP contribution in [0.25, 0.3) is 0 Å². The van der Waals surface area contributed by atoms with E-state index in [4.69, 9.17) is 11.5 Å². The van der Waals surface area contributed by atoms with E-state index in [1.807, 2.05) is 30.3 Å². The van der Waals surface area contributed by atoms with Crippen molar-refractivity contribution in [2.45, 2.75) is 10.6 Å². The van der Waals surface area contributed by atoms with Gasteiger partial charge in [0.1, 0.15) is 0 Å². The van der Waals surface area contributed by atoms with Crippen molar-refractivity contribution in [3.8, 4) is 0 Å². The number of hydrogen-bond donors (Lipinski definition) is 2. The largest absolute Gasteiger partial charge is 0.369 e. The summed E-state index contributed by atoms with van der Waals surface area (Å²) in [6, 6.07) is 14.5. The molecule has 2 aromatic rings. The third kappa shape index (κ3) is 5.11. The summed E-state index contributed by atoms with van der Waals surface area (Å²) in [4.78, 5) is 11.3. The van der Waals surface area contributed by atoms with Crippen molar-refractivity contribution in [3.63, 3.8) is 0 Å². The van der Waals surface area contributed by atoms with Crippen molar-refractivity contribution >= 4 is 29.6 Å². The molecular formula is C15H15N5O2S. The Bertz CT molecular complexity index is 743. The maximum Gasteiger partial charge on any atom is 0.270 e. The SMILES string of the molecule is NC(N)=NN=Cc1cc([N+](=O)[O-])ccc1SCc1ccccc1. The molecule has 118 valence electrons. The third-order valence-corrected chi connectivity index (χ3v) is 3.97. The van der Waals surface area contributed by atoms with Gasteiger partial charge in [-0.2, -0.15) is 5.10 Å². The van der Waals surface area contributed by atoms with Gasteiger partial charge in [0, 0.05) is 28.3 Å².